The molecule has 1 unspecified atom stereocenters. The van der Waals surface area contributed by atoms with Gasteiger partial charge in [-0.2, -0.15) is 0 Å². The molecular formula is C18H15N3O2. The summed E-state index contributed by atoms with van der Waals surface area (Å²) in [5, 5.41) is 0. The Bertz CT molecular complexity index is 863. The van der Waals surface area contributed by atoms with Crippen LogP contribution in [0.25, 0.3) is 11.0 Å². The Morgan fingerprint density at radius 2 is 1.61 bits per heavy atom. The highest BCUT2D eigenvalue weighted by molar-refractivity contribution is 5.95. The number of fused-ring (bicyclic) bond motifs is 1. The van der Waals surface area contributed by atoms with E-state index in [9.17, 15) is 9.59 Å². The third-order valence-electron chi connectivity index (χ3n) is 3.64. The first kappa shape index (κ1) is 14.8. The molecule has 0 fully saturated rings. The SMILES string of the molecule is NC(=O)c1nc2ccccc2nc1C(C=O)Cc1ccccc1. The van der Waals surface area contributed by atoms with E-state index < -0.39 is 11.8 Å². The van der Waals surface area contributed by atoms with Gasteiger partial charge in [0.05, 0.1) is 22.6 Å². The van der Waals surface area contributed by atoms with Gasteiger partial charge in [0.15, 0.2) is 5.69 Å². The number of aldehydes is 1. The largest absolute Gasteiger partial charge is 0.364 e. The maximum atomic E-state index is 11.7. The molecule has 0 aliphatic heterocycles. The maximum Gasteiger partial charge on any atom is 0.269 e. The normalized spacial score (nSPS) is 12.0. The van der Waals surface area contributed by atoms with Crippen molar-refractivity contribution in [3.8, 4) is 0 Å². The van der Waals surface area contributed by atoms with E-state index >= 15 is 0 Å². The highest BCUT2D eigenvalue weighted by atomic mass is 16.1. The quantitative estimate of drug-likeness (QED) is 0.733. The van der Waals surface area contributed by atoms with Gasteiger partial charge in [0.1, 0.15) is 6.29 Å². The predicted octanol–water partition coefficient (Wildman–Crippen LogP) is 2.25. The molecule has 2 aromatic carbocycles. The van der Waals surface area contributed by atoms with Gasteiger partial charge in [-0.15, -0.1) is 0 Å². The summed E-state index contributed by atoms with van der Waals surface area (Å²) in [4.78, 5) is 32.1. The van der Waals surface area contributed by atoms with Crippen LogP contribution in [-0.4, -0.2) is 22.2 Å². The van der Waals surface area contributed by atoms with E-state index in [1.807, 2.05) is 42.5 Å². The lowest BCUT2D eigenvalue weighted by Gasteiger charge is -2.13. The van der Waals surface area contributed by atoms with Gasteiger partial charge in [0.25, 0.3) is 5.91 Å². The Kier molecular flexibility index (Phi) is 4.10. The second kappa shape index (κ2) is 6.36. The highest BCUT2D eigenvalue weighted by Crippen LogP contribution is 2.22. The van der Waals surface area contributed by atoms with Crippen LogP contribution in [0.15, 0.2) is 54.6 Å². The van der Waals surface area contributed by atoms with Crippen molar-refractivity contribution >= 4 is 23.2 Å². The van der Waals surface area contributed by atoms with Gasteiger partial charge in [-0.1, -0.05) is 42.5 Å². The number of benzene rings is 2. The van der Waals surface area contributed by atoms with Crippen molar-refractivity contribution in [1.82, 2.24) is 9.97 Å². The average molecular weight is 305 g/mol. The molecule has 0 saturated heterocycles. The van der Waals surface area contributed by atoms with Crippen LogP contribution in [0.4, 0.5) is 0 Å². The molecule has 1 atom stereocenters. The molecular weight excluding hydrogens is 290 g/mol. The van der Waals surface area contributed by atoms with E-state index in [4.69, 9.17) is 5.73 Å². The molecule has 23 heavy (non-hydrogen) atoms. The average Bonchev–Trinajstić information content (AvgIpc) is 2.59. The lowest BCUT2D eigenvalue weighted by Crippen LogP contribution is -2.20. The highest BCUT2D eigenvalue weighted by Gasteiger charge is 2.22. The van der Waals surface area contributed by atoms with Gasteiger partial charge in [0.2, 0.25) is 0 Å². The molecule has 5 heteroatoms. The van der Waals surface area contributed by atoms with Gasteiger partial charge in [-0.3, -0.25) is 4.79 Å². The number of amides is 1. The molecule has 0 radical (unpaired) electrons. The Balaban J connectivity index is 2.09. The third-order valence-corrected chi connectivity index (χ3v) is 3.64. The summed E-state index contributed by atoms with van der Waals surface area (Å²) in [5.74, 6) is -1.25. The Morgan fingerprint density at radius 3 is 2.22 bits per heavy atom. The van der Waals surface area contributed by atoms with Crippen molar-refractivity contribution in [1.29, 1.82) is 0 Å². The number of para-hydroxylation sites is 2. The zero-order valence-corrected chi connectivity index (χ0v) is 12.3. The van der Waals surface area contributed by atoms with E-state index in [0.717, 1.165) is 11.8 Å². The number of primary amides is 1. The fraction of sp³-hybridized carbons (Fsp3) is 0.111. The number of hydrogen-bond acceptors (Lipinski definition) is 4. The molecule has 0 aliphatic rings. The standard InChI is InChI=1S/C18H15N3O2/c19-18(23)17-16(20-14-8-4-5-9-15(14)21-17)13(11-22)10-12-6-2-1-3-7-12/h1-9,11,13H,10H2,(H2,19,23). The van der Waals surface area contributed by atoms with Crippen LogP contribution in [0.2, 0.25) is 0 Å². The van der Waals surface area contributed by atoms with Crippen LogP contribution in [0, 0.1) is 0 Å². The number of rotatable bonds is 5. The maximum absolute atomic E-state index is 11.7. The molecule has 0 bridgehead atoms. The summed E-state index contributed by atoms with van der Waals surface area (Å²) in [6, 6.07) is 16.7. The summed E-state index contributed by atoms with van der Waals surface area (Å²) >= 11 is 0. The van der Waals surface area contributed by atoms with Crippen molar-refractivity contribution in [2.24, 2.45) is 5.73 Å². The molecule has 3 aromatic rings. The lowest BCUT2D eigenvalue weighted by atomic mass is 9.95. The van der Waals surface area contributed by atoms with Crippen LogP contribution >= 0.6 is 0 Å². The van der Waals surface area contributed by atoms with Crippen LogP contribution in [0.3, 0.4) is 0 Å². The molecule has 114 valence electrons. The van der Waals surface area contributed by atoms with Crippen LogP contribution in [0.1, 0.15) is 27.7 Å². The predicted molar refractivity (Wildman–Crippen MR) is 87.0 cm³/mol. The smallest absolute Gasteiger partial charge is 0.269 e. The van der Waals surface area contributed by atoms with E-state index in [1.54, 1.807) is 12.1 Å². The van der Waals surface area contributed by atoms with E-state index in [1.165, 1.54) is 0 Å². The van der Waals surface area contributed by atoms with Crippen LogP contribution in [-0.2, 0) is 11.2 Å². The first-order valence-corrected chi connectivity index (χ1v) is 7.24. The van der Waals surface area contributed by atoms with E-state index in [2.05, 4.69) is 9.97 Å². The number of aromatic nitrogens is 2. The number of hydrogen-bond donors (Lipinski definition) is 1. The third kappa shape index (κ3) is 3.08. The minimum Gasteiger partial charge on any atom is -0.364 e. The van der Waals surface area contributed by atoms with Crippen LogP contribution in [0.5, 0.6) is 0 Å². The Morgan fingerprint density at radius 1 is 1.00 bits per heavy atom. The first-order valence-electron chi connectivity index (χ1n) is 7.24. The van der Waals surface area contributed by atoms with Crippen molar-refractivity contribution in [2.45, 2.75) is 12.3 Å². The molecule has 0 saturated carbocycles. The summed E-state index contributed by atoms with van der Waals surface area (Å²) in [6.45, 7) is 0. The zero-order valence-electron chi connectivity index (χ0n) is 12.3. The first-order chi connectivity index (χ1) is 11.2. The molecule has 0 aliphatic carbocycles. The van der Waals surface area contributed by atoms with Gasteiger partial charge in [-0.25, -0.2) is 9.97 Å². The topological polar surface area (TPSA) is 85.9 Å². The van der Waals surface area contributed by atoms with Crippen LogP contribution < -0.4 is 5.73 Å². The van der Waals surface area contributed by atoms with Gasteiger partial charge < -0.3 is 10.5 Å². The lowest BCUT2D eigenvalue weighted by molar-refractivity contribution is -0.109. The van der Waals surface area contributed by atoms with Gasteiger partial charge in [0, 0.05) is 0 Å². The second-order valence-electron chi connectivity index (χ2n) is 5.24. The fourth-order valence-electron chi connectivity index (χ4n) is 2.53. The molecule has 3 rings (SSSR count). The number of carbonyl (C=O) groups is 2. The van der Waals surface area contributed by atoms with Crippen molar-refractivity contribution in [3.63, 3.8) is 0 Å². The van der Waals surface area contributed by atoms with E-state index in [-0.39, 0.29) is 5.69 Å². The molecule has 0 spiro atoms. The van der Waals surface area contributed by atoms with Crippen molar-refractivity contribution < 1.29 is 9.59 Å². The van der Waals surface area contributed by atoms with Gasteiger partial charge in [-0.05, 0) is 24.1 Å². The number of nitrogens with two attached hydrogens (primary N) is 1. The summed E-state index contributed by atoms with van der Waals surface area (Å²) in [7, 11) is 0. The zero-order chi connectivity index (χ0) is 16.2. The Hall–Kier alpha value is -3.08. The summed E-state index contributed by atoms with van der Waals surface area (Å²) in [6.07, 6.45) is 1.23. The van der Waals surface area contributed by atoms with Crippen molar-refractivity contribution in [2.75, 3.05) is 0 Å². The monoisotopic (exact) mass is 305 g/mol. The molecule has 2 N–H and O–H groups in total. The minimum absolute atomic E-state index is 0.0525. The second-order valence-corrected chi connectivity index (χ2v) is 5.24. The van der Waals surface area contributed by atoms with Gasteiger partial charge >= 0.3 is 0 Å². The molecule has 5 nitrogen and oxygen atoms in total. The molecule has 1 aromatic heterocycles. The summed E-state index contributed by atoms with van der Waals surface area (Å²) in [5.41, 5.74) is 8.01. The number of nitrogens with zero attached hydrogens (tertiary/aromatic N) is 2. The van der Waals surface area contributed by atoms with Crippen molar-refractivity contribution in [3.05, 3.63) is 71.5 Å². The van der Waals surface area contributed by atoms with E-state index in [0.29, 0.717) is 23.1 Å². The summed E-state index contributed by atoms with van der Waals surface area (Å²) < 4.78 is 0. The fourth-order valence-corrected chi connectivity index (χ4v) is 2.53. The molecule has 1 amide bonds. The Labute approximate surface area is 133 Å². The number of carbonyl (C=O) groups excluding carboxylic acids is 2. The minimum atomic E-state index is -0.682. The molecule has 1 heterocycles.